The van der Waals surface area contributed by atoms with E-state index >= 15 is 0 Å². The number of nitrogen functional groups attached to an aromatic ring is 1. The molecule has 390 valence electrons. The third-order valence-electron chi connectivity index (χ3n) is 9.65. The van der Waals surface area contributed by atoms with Crippen molar-refractivity contribution in [3.05, 3.63) is 103 Å². The minimum Gasteiger partial charge on any atom is -0.433 e. The molecule has 0 radical (unpaired) electrons. The van der Waals surface area contributed by atoms with Gasteiger partial charge in [-0.1, -0.05) is 12.1 Å². The monoisotopic (exact) mass is 1170 g/mol. The van der Waals surface area contributed by atoms with Crippen LogP contribution in [0.3, 0.4) is 0 Å². The Kier molecular flexibility index (Phi) is 19.0. The van der Waals surface area contributed by atoms with Gasteiger partial charge in [0.2, 0.25) is 0 Å². The fourth-order valence-corrected chi connectivity index (χ4v) is 7.14. The van der Waals surface area contributed by atoms with Crippen LogP contribution in [-0.4, -0.2) is 62.6 Å². The summed E-state index contributed by atoms with van der Waals surface area (Å²) in [5.41, 5.74) is -0.748. The van der Waals surface area contributed by atoms with E-state index in [-0.39, 0.29) is 17.8 Å². The highest BCUT2D eigenvalue weighted by Crippen LogP contribution is 2.51. The van der Waals surface area contributed by atoms with Crippen molar-refractivity contribution in [2.45, 2.75) is 75.4 Å². The topological polar surface area (TPSA) is 132 Å². The lowest BCUT2D eigenvalue weighted by Gasteiger charge is -2.25. The summed E-state index contributed by atoms with van der Waals surface area (Å²) in [5, 5.41) is 6.75. The summed E-state index contributed by atoms with van der Waals surface area (Å²) in [4.78, 5) is 34.5. The molecule has 29 heteroatoms. The number of nitrogens with one attached hydrogen (secondary N) is 3. The highest BCUT2D eigenvalue weighted by atomic mass is 79.9. The second-order valence-electron chi connectivity index (χ2n) is 15.1. The predicted octanol–water partition coefficient (Wildman–Crippen LogP) is 14.3. The molecule has 5 N–H and O–H groups in total. The zero-order chi connectivity index (χ0) is 53.6. The Morgan fingerprint density at radius 3 is 1.37 bits per heavy atom. The molecule has 71 heavy (non-hydrogen) atoms. The van der Waals surface area contributed by atoms with E-state index in [1.165, 1.54) is 18.2 Å². The lowest BCUT2D eigenvalue weighted by atomic mass is 9.97. The Morgan fingerprint density at radius 1 is 0.634 bits per heavy atom. The number of hydrogen-bond donors (Lipinski definition) is 4. The maximum atomic E-state index is 14.8. The van der Waals surface area contributed by atoms with Crippen LogP contribution in [0.25, 0.3) is 0 Å². The molecule has 0 spiro atoms. The minimum absolute atomic E-state index is 0.0128. The van der Waals surface area contributed by atoms with E-state index in [4.69, 9.17) is 5.73 Å². The lowest BCUT2D eigenvalue weighted by molar-refractivity contribution is -0.255. The molecule has 0 unspecified atom stereocenters. The molecule has 0 heterocycles. The largest absolute Gasteiger partial charge is 0.433 e. The van der Waals surface area contributed by atoms with Crippen molar-refractivity contribution in [1.29, 1.82) is 0 Å². The van der Waals surface area contributed by atoms with E-state index in [9.17, 15) is 93.4 Å². The number of ether oxygens (including phenoxy) is 2. The first-order chi connectivity index (χ1) is 32.7. The van der Waals surface area contributed by atoms with Gasteiger partial charge in [-0.3, -0.25) is 9.59 Å². The minimum atomic E-state index is -5.81. The summed E-state index contributed by atoms with van der Waals surface area (Å²) in [6.45, 7) is -6.87. The van der Waals surface area contributed by atoms with Crippen LogP contribution < -0.4 is 31.2 Å². The zero-order valence-electron chi connectivity index (χ0n) is 35.0. The van der Waals surface area contributed by atoms with Crippen molar-refractivity contribution in [1.82, 2.24) is 0 Å². The normalized spacial score (nSPS) is 14.1. The predicted molar refractivity (Wildman–Crippen MR) is 224 cm³/mol. The highest BCUT2D eigenvalue weighted by molar-refractivity contribution is 9.11. The van der Waals surface area contributed by atoms with Gasteiger partial charge in [-0.25, -0.2) is 8.78 Å². The number of alkyl halides is 16. The quantitative estimate of drug-likeness (QED) is 0.0562. The van der Waals surface area contributed by atoms with Gasteiger partial charge in [-0.15, -0.1) is 0 Å². The molecule has 6 rings (SSSR count). The fourth-order valence-electron chi connectivity index (χ4n) is 6.02. The molecule has 2 fully saturated rings. The van der Waals surface area contributed by atoms with E-state index in [2.05, 4.69) is 46.7 Å². The number of carbonyl (C=O) groups excluding carboxylic acids is 3. The van der Waals surface area contributed by atoms with Crippen LogP contribution in [0.1, 0.15) is 69.4 Å². The van der Waals surface area contributed by atoms with Crippen molar-refractivity contribution >= 4 is 72.7 Å². The summed E-state index contributed by atoms with van der Waals surface area (Å²) in [5.74, 6) is -14.2. The molecular formula is C42H32Br2F18N4O5. The molecule has 2 saturated carbocycles. The molecule has 2 amide bonds. The van der Waals surface area contributed by atoms with Crippen LogP contribution in [0.5, 0.6) is 11.5 Å². The first-order valence-corrected chi connectivity index (χ1v) is 21.3. The van der Waals surface area contributed by atoms with E-state index < -0.39 is 133 Å². The molecule has 0 bridgehead atoms. The maximum absolute atomic E-state index is 14.8. The fraction of sp³-hybridized carbons (Fsp3) is 0.357. The van der Waals surface area contributed by atoms with Gasteiger partial charge in [-0.2, -0.15) is 70.2 Å². The Bertz CT molecular complexity index is 2510. The summed E-state index contributed by atoms with van der Waals surface area (Å²) in [6.07, 6.45) is -18.0. The second-order valence-corrected chi connectivity index (χ2v) is 16.8. The van der Waals surface area contributed by atoms with E-state index in [0.29, 0.717) is 30.5 Å². The third-order valence-corrected chi connectivity index (χ3v) is 10.9. The van der Waals surface area contributed by atoms with Gasteiger partial charge < -0.3 is 36.0 Å². The third kappa shape index (κ3) is 16.5. The Hall–Kier alpha value is -5.61. The lowest BCUT2D eigenvalue weighted by Crippen LogP contribution is -2.34. The second kappa shape index (κ2) is 23.3. The molecule has 4 aromatic carbocycles. The number of anilines is 4. The van der Waals surface area contributed by atoms with E-state index in [1.807, 2.05) is 10.6 Å². The standard InChI is InChI=1S/C21H16BrF9N2O2.C17H10BrF9N2O2.C4H6O/c22-12-6-10(17(20(26,27)28)21(29,30)31)7-14(35-19(24)25)16(12)33-18(34)11-2-1-3-13(15(11)23)32-8-9-4-5-9;18-8-4-6(13(16(22,23)24)17(25,26)27)5-10(31-15(20)21)12(8)29-14(30)7-2-1-3-9(28)11(7)19;5-3-4-1-2-4/h1-3,6-7,9,17,19,32H,4-5,8H2,(H,33,34);1-5,13,15H,28H2,(H,29,30);3-4H,1-2H2. The van der Waals surface area contributed by atoms with Crippen LogP contribution in [0.2, 0.25) is 0 Å². The van der Waals surface area contributed by atoms with Gasteiger partial charge in [0.05, 0.1) is 33.9 Å². The van der Waals surface area contributed by atoms with Gasteiger partial charge in [0.1, 0.15) is 6.29 Å². The average Bonchev–Trinajstić information content (AvgIpc) is 4.15. The van der Waals surface area contributed by atoms with Crippen molar-refractivity contribution in [3.63, 3.8) is 0 Å². The van der Waals surface area contributed by atoms with Crippen LogP contribution in [-0.2, 0) is 4.79 Å². The van der Waals surface area contributed by atoms with Crippen LogP contribution in [0, 0.1) is 23.5 Å². The molecule has 0 saturated heterocycles. The molecule has 0 aromatic heterocycles. The summed E-state index contributed by atoms with van der Waals surface area (Å²) < 4.78 is 244. The SMILES string of the molecule is Nc1cccc(C(=O)Nc2c(Br)cc(C(C(F)(F)F)C(F)(F)F)cc2OC(F)F)c1F.O=C(Nc1c(Br)cc(C(C(F)(F)F)C(F)(F)F)cc1OC(F)F)c1cccc(NCC2CC2)c1F.O=CC1CC1. The van der Waals surface area contributed by atoms with Gasteiger partial charge >= 0.3 is 37.9 Å². The van der Waals surface area contributed by atoms with Crippen LogP contribution >= 0.6 is 31.9 Å². The van der Waals surface area contributed by atoms with Crippen molar-refractivity contribution in [2.24, 2.45) is 11.8 Å². The Balaban J connectivity index is 0.000000282. The number of amides is 2. The zero-order valence-corrected chi connectivity index (χ0v) is 38.2. The smallest absolute Gasteiger partial charge is 0.404 e. The number of carbonyl (C=O) groups is 3. The van der Waals surface area contributed by atoms with Crippen molar-refractivity contribution < 1.29 is 103 Å². The van der Waals surface area contributed by atoms with Gasteiger partial charge in [0.25, 0.3) is 11.8 Å². The molecule has 0 aliphatic heterocycles. The molecule has 0 atom stereocenters. The van der Waals surface area contributed by atoms with Crippen molar-refractivity contribution in [3.8, 4) is 11.5 Å². The first kappa shape index (κ1) is 58.0. The Labute approximate surface area is 405 Å². The number of benzene rings is 4. The summed E-state index contributed by atoms with van der Waals surface area (Å²) in [6, 6.07) is 7.86. The van der Waals surface area contributed by atoms with Gasteiger partial charge in [0.15, 0.2) is 35.0 Å². The molecule has 2 aliphatic carbocycles. The first-order valence-electron chi connectivity index (χ1n) is 19.7. The number of halogens is 20. The Morgan fingerprint density at radius 2 is 1.03 bits per heavy atom. The van der Waals surface area contributed by atoms with E-state index in [1.54, 1.807) is 0 Å². The molecule has 4 aromatic rings. The number of nitrogens with two attached hydrogens (primary N) is 1. The number of rotatable bonds is 14. The maximum Gasteiger partial charge on any atom is 0.404 e. The van der Waals surface area contributed by atoms with E-state index in [0.717, 1.165) is 50.2 Å². The molecule has 9 nitrogen and oxygen atoms in total. The van der Waals surface area contributed by atoms with Gasteiger partial charge in [0, 0.05) is 21.4 Å². The average molecular weight is 1170 g/mol. The summed E-state index contributed by atoms with van der Waals surface area (Å²) >= 11 is 5.32. The highest BCUT2D eigenvalue weighted by Gasteiger charge is 2.59. The summed E-state index contributed by atoms with van der Waals surface area (Å²) in [7, 11) is 0. The number of hydrogen-bond acceptors (Lipinski definition) is 7. The molecular weight excluding hydrogens is 1140 g/mol. The number of aldehydes is 1. The van der Waals surface area contributed by atoms with Gasteiger partial charge in [-0.05, 0) is 123 Å². The molecule has 2 aliphatic rings. The van der Waals surface area contributed by atoms with Crippen LogP contribution in [0.15, 0.2) is 69.6 Å². The van der Waals surface area contributed by atoms with Crippen LogP contribution in [0.4, 0.5) is 102 Å². The van der Waals surface area contributed by atoms with Crippen molar-refractivity contribution in [2.75, 3.05) is 28.2 Å².